The normalized spacial score (nSPS) is 15.5. The second-order valence-electron chi connectivity index (χ2n) is 8.55. The number of carbonyl (C=O) groups excluding carboxylic acids is 2. The lowest BCUT2D eigenvalue weighted by Gasteiger charge is -2.22. The van der Waals surface area contributed by atoms with E-state index in [1.54, 1.807) is 0 Å². The molecule has 0 bridgehead atoms. The molecular formula is C25H48O10. The number of aliphatic hydroxyl groups is 7. The summed E-state index contributed by atoms with van der Waals surface area (Å²) in [6.45, 7) is 0.942. The molecule has 208 valence electrons. The van der Waals surface area contributed by atoms with E-state index in [1.165, 1.54) is 70.3 Å². The number of carbonyl (C=O) groups is 2. The van der Waals surface area contributed by atoms with Gasteiger partial charge in [-0.3, -0.25) is 0 Å². The van der Waals surface area contributed by atoms with E-state index < -0.39 is 49.7 Å². The van der Waals surface area contributed by atoms with Gasteiger partial charge in [0.05, 0.1) is 13.2 Å². The Morgan fingerprint density at radius 1 is 0.771 bits per heavy atom. The molecule has 0 saturated heterocycles. The Morgan fingerprint density at radius 3 is 1.74 bits per heavy atom. The van der Waals surface area contributed by atoms with Crippen LogP contribution in [0.25, 0.3) is 0 Å². The summed E-state index contributed by atoms with van der Waals surface area (Å²) in [4.78, 5) is 21.2. The average Bonchev–Trinajstić information content (AvgIpc) is 2.88. The molecule has 10 heteroatoms. The molecule has 35 heavy (non-hydrogen) atoms. The number of esters is 1. The van der Waals surface area contributed by atoms with Crippen molar-refractivity contribution in [2.45, 2.75) is 114 Å². The van der Waals surface area contributed by atoms with Crippen LogP contribution >= 0.6 is 0 Å². The van der Waals surface area contributed by atoms with Crippen molar-refractivity contribution in [1.82, 2.24) is 0 Å². The fourth-order valence-electron chi connectivity index (χ4n) is 3.00. The number of rotatable bonds is 21. The topological polar surface area (TPSA) is 185 Å². The lowest BCUT2D eigenvalue weighted by molar-refractivity contribution is -0.141. The van der Waals surface area contributed by atoms with Crippen molar-refractivity contribution >= 4 is 12.3 Å². The van der Waals surface area contributed by atoms with E-state index in [1.807, 2.05) is 6.08 Å². The van der Waals surface area contributed by atoms with Crippen molar-refractivity contribution in [3.63, 3.8) is 0 Å². The Hall–Kier alpha value is -1.40. The largest absolute Gasteiger partial charge is 0.460 e. The molecule has 0 aliphatic rings. The Labute approximate surface area is 209 Å². The van der Waals surface area contributed by atoms with Crippen LogP contribution in [0.15, 0.2) is 12.2 Å². The van der Waals surface area contributed by atoms with Gasteiger partial charge in [0.15, 0.2) is 6.29 Å². The first-order chi connectivity index (χ1) is 16.7. The number of aldehydes is 1. The van der Waals surface area contributed by atoms with Crippen LogP contribution in [-0.4, -0.2) is 98.3 Å². The molecule has 10 nitrogen and oxygen atoms in total. The maximum atomic E-state index is 11.3. The van der Waals surface area contributed by atoms with Crippen molar-refractivity contribution < 1.29 is 50.1 Å². The average molecular weight is 509 g/mol. The SMILES string of the molecule is CCCCCCCCCCCCC/C=C/C(=O)OCC(O)CO.O=C[C@@H](O)[C@@H](O)[C@H](O)[C@H](O)CO. The van der Waals surface area contributed by atoms with Gasteiger partial charge in [-0.25, -0.2) is 4.79 Å². The molecular weight excluding hydrogens is 460 g/mol. The van der Waals surface area contributed by atoms with Crippen molar-refractivity contribution in [3.8, 4) is 0 Å². The minimum atomic E-state index is -1.79. The molecule has 0 aliphatic heterocycles. The standard InChI is InChI=1S/C19H36O4.C6H12O6/c1-2-3-4-5-6-7-8-9-10-11-12-13-14-15-19(22)23-17-18(21)16-20;7-1-3(9)5(11)6(12)4(10)2-8/h14-15,18,20-21H,2-13,16-17H2,1H3;1,3-6,8-12H,2H2/b15-14+;/t;3-,4-,5-,6-/m.1/s1. The highest BCUT2D eigenvalue weighted by molar-refractivity contribution is 5.81. The molecule has 0 radical (unpaired) electrons. The molecule has 0 aromatic carbocycles. The summed E-state index contributed by atoms with van der Waals surface area (Å²) in [6, 6.07) is 0. The van der Waals surface area contributed by atoms with E-state index >= 15 is 0 Å². The fraction of sp³-hybridized carbons (Fsp3) is 0.840. The molecule has 0 spiro atoms. The van der Waals surface area contributed by atoms with Gasteiger partial charge in [-0.15, -0.1) is 0 Å². The molecule has 0 aliphatic carbocycles. The number of allylic oxidation sites excluding steroid dienone is 1. The Balaban J connectivity index is 0. The minimum absolute atomic E-state index is 0.0258. The van der Waals surface area contributed by atoms with Crippen molar-refractivity contribution in [3.05, 3.63) is 12.2 Å². The van der Waals surface area contributed by atoms with Crippen LogP contribution in [0.4, 0.5) is 0 Å². The minimum Gasteiger partial charge on any atom is -0.460 e. The third kappa shape index (κ3) is 22.8. The van der Waals surface area contributed by atoms with Crippen molar-refractivity contribution in [1.29, 1.82) is 0 Å². The van der Waals surface area contributed by atoms with Gasteiger partial charge >= 0.3 is 5.97 Å². The number of aliphatic hydroxyl groups excluding tert-OH is 7. The summed E-state index contributed by atoms with van der Waals surface area (Å²) in [5, 5.41) is 61.2. The van der Waals surface area contributed by atoms with Crippen LogP contribution in [0.5, 0.6) is 0 Å². The van der Waals surface area contributed by atoms with Gasteiger partial charge in [0.2, 0.25) is 0 Å². The summed E-state index contributed by atoms with van der Waals surface area (Å²) >= 11 is 0. The van der Waals surface area contributed by atoms with Crippen LogP contribution in [0.3, 0.4) is 0 Å². The van der Waals surface area contributed by atoms with Crippen LogP contribution in [0.1, 0.15) is 84.0 Å². The molecule has 0 amide bonds. The number of ether oxygens (including phenoxy) is 1. The van der Waals surface area contributed by atoms with Gasteiger partial charge in [0.1, 0.15) is 37.1 Å². The van der Waals surface area contributed by atoms with E-state index in [9.17, 15) is 9.59 Å². The zero-order chi connectivity index (χ0) is 26.9. The molecule has 0 aromatic rings. The third-order valence-electron chi connectivity index (χ3n) is 5.28. The van der Waals surface area contributed by atoms with E-state index in [0.29, 0.717) is 0 Å². The van der Waals surface area contributed by atoms with Crippen LogP contribution in [0, 0.1) is 0 Å². The summed E-state index contributed by atoms with van der Waals surface area (Å²) in [5.74, 6) is -0.458. The second-order valence-corrected chi connectivity index (χ2v) is 8.55. The number of hydrogen-bond acceptors (Lipinski definition) is 10. The summed E-state index contributed by atoms with van der Waals surface area (Å²) in [7, 11) is 0. The van der Waals surface area contributed by atoms with Crippen LogP contribution in [0.2, 0.25) is 0 Å². The van der Waals surface area contributed by atoms with Gasteiger partial charge < -0.3 is 45.3 Å². The first kappa shape index (κ1) is 35.8. The molecule has 0 saturated carbocycles. The summed E-state index contributed by atoms with van der Waals surface area (Å²) in [6.07, 6.45) is 10.8. The van der Waals surface area contributed by atoms with Crippen LogP contribution in [-0.2, 0) is 14.3 Å². The van der Waals surface area contributed by atoms with Crippen LogP contribution < -0.4 is 0 Å². The summed E-state index contributed by atoms with van der Waals surface area (Å²) < 4.78 is 4.77. The van der Waals surface area contributed by atoms with E-state index in [0.717, 1.165) is 12.8 Å². The zero-order valence-electron chi connectivity index (χ0n) is 21.1. The second kappa shape index (κ2) is 25.7. The van der Waals surface area contributed by atoms with Gasteiger partial charge in [0, 0.05) is 6.08 Å². The Morgan fingerprint density at radius 2 is 1.29 bits per heavy atom. The maximum absolute atomic E-state index is 11.3. The molecule has 0 aromatic heterocycles. The molecule has 0 rings (SSSR count). The fourth-order valence-corrected chi connectivity index (χ4v) is 3.00. The van der Waals surface area contributed by atoms with Gasteiger partial charge in [-0.05, 0) is 12.8 Å². The van der Waals surface area contributed by atoms with Gasteiger partial charge in [-0.2, -0.15) is 0 Å². The highest BCUT2D eigenvalue weighted by atomic mass is 16.5. The van der Waals surface area contributed by atoms with Gasteiger partial charge in [0.25, 0.3) is 0 Å². The smallest absolute Gasteiger partial charge is 0.330 e. The van der Waals surface area contributed by atoms with E-state index in [2.05, 4.69) is 6.92 Å². The molecule has 5 atom stereocenters. The molecule has 0 fully saturated rings. The van der Waals surface area contributed by atoms with E-state index in [4.69, 9.17) is 40.5 Å². The first-order valence-corrected chi connectivity index (χ1v) is 12.7. The first-order valence-electron chi connectivity index (χ1n) is 12.7. The predicted octanol–water partition coefficient (Wildman–Crippen LogP) is 0.761. The zero-order valence-corrected chi connectivity index (χ0v) is 21.1. The van der Waals surface area contributed by atoms with E-state index in [-0.39, 0.29) is 12.9 Å². The Bertz CT molecular complexity index is 514. The molecule has 0 heterocycles. The molecule has 7 N–H and O–H groups in total. The monoisotopic (exact) mass is 508 g/mol. The third-order valence-corrected chi connectivity index (χ3v) is 5.28. The number of hydrogen-bond donors (Lipinski definition) is 7. The predicted molar refractivity (Wildman–Crippen MR) is 131 cm³/mol. The maximum Gasteiger partial charge on any atom is 0.330 e. The quantitative estimate of drug-likeness (QED) is 0.0505. The lowest BCUT2D eigenvalue weighted by atomic mass is 10.0. The Kier molecular flexibility index (Phi) is 26.2. The van der Waals surface area contributed by atoms with Crippen molar-refractivity contribution in [2.24, 2.45) is 0 Å². The highest BCUT2D eigenvalue weighted by Gasteiger charge is 2.29. The summed E-state index contributed by atoms with van der Waals surface area (Å²) in [5.41, 5.74) is 0. The highest BCUT2D eigenvalue weighted by Crippen LogP contribution is 2.12. The lowest BCUT2D eigenvalue weighted by Crippen LogP contribution is -2.46. The van der Waals surface area contributed by atoms with Crippen molar-refractivity contribution in [2.75, 3.05) is 19.8 Å². The van der Waals surface area contributed by atoms with Gasteiger partial charge in [-0.1, -0.05) is 77.2 Å². The number of unbranched alkanes of at least 4 members (excludes halogenated alkanes) is 11. The molecule has 1 unspecified atom stereocenters.